The maximum Gasteiger partial charge on any atom is 0.231 e. The summed E-state index contributed by atoms with van der Waals surface area (Å²) in [6.45, 7) is 1.55. The maximum absolute atomic E-state index is 11.7. The third-order valence-corrected chi connectivity index (χ3v) is 4.34. The van der Waals surface area contributed by atoms with E-state index in [1.807, 2.05) is 7.05 Å². The first-order chi connectivity index (χ1) is 8.66. The second kappa shape index (κ2) is 4.28. The fourth-order valence-corrected chi connectivity index (χ4v) is 3.25. The van der Waals surface area contributed by atoms with Crippen LogP contribution < -0.4 is 4.90 Å². The Bertz CT molecular complexity index is 497. The van der Waals surface area contributed by atoms with E-state index in [1.54, 1.807) is 4.90 Å². The number of likely N-dealkylation sites (N-methyl/N-ethyl adjacent to an activating group) is 1. The molecule has 4 heteroatoms. The van der Waals surface area contributed by atoms with Crippen molar-refractivity contribution in [3.63, 3.8) is 0 Å². The molecule has 0 unspecified atom stereocenters. The number of nitrogens with zero attached hydrogens (tertiary/aromatic N) is 1. The molecule has 2 aliphatic heterocycles. The fraction of sp³-hybridized carbons (Fsp3) is 0.500. The molecular formula is C14H17NO2S. The lowest BCUT2D eigenvalue weighted by Gasteiger charge is -2.42. The summed E-state index contributed by atoms with van der Waals surface area (Å²) in [7, 11) is 1.84. The van der Waals surface area contributed by atoms with Crippen molar-refractivity contribution in [1.29, 1.82) is 0 Å². The first-order valence-corrected chi connectivity index (χ1v) is 6.88. The second-order valence-corrected chi connectivity index (χ2v) is 5.67. The highest BCUT2D eigenvalue weighted by Gasteiger charge is 2.40. The van der Waals surface area contributed by atoms with Crippen LogP contribution in [0.1, 0.15) is 17.5 Å². The van der Waals surface area contributed by atoms with Gasteiger partial charge in [-0.05, 0) is 29.4 Å². The Morgan fingerprint density at radius 2 is 2.22 bits per heavy atom. The normalized spacial score (nSPS) is 20.8. The highest BCUT2D eigenvalue weighted by molar-refractivity contribution is 7.80. The first-order valence-electron chi connectivity index (χ1n) is 6.25. The molecule has 1 aromatic carbocycles. The van der Waals surface area contributed by atoms with Crippen LogP contribution in [0.4, 0.5) is 5.69 Å². The quantitative estimate of drug-likeness (QED) is 0.843. The van der Waals surface area contributed by atoms with Crippen molar-refractivity contribution >= 4 is 24.2 Å². The zero-order valence-corrected chi connectivity index (χ0v) is 11.4. The summed E-state index contributed by atoms with van der Waals surface area (Å²) < 4.78 is 5.40. The zero-order chi connectivity index (χ0) is 12.8. The lowest BCUT2D eigenvalue weighted by atomic mass is 9.76. The van der Waals surface area contributed by atoms with Gasteiger partial charge < -0.3 is 9.64 Å². The molecule has 96 valence electrons. The van der Waals surface area contributed by atoms with E-state index < -0.39 is 0 Å². The molecule has 0 saturated carbocycles. The molecule has 2 aliphatic rings. The first kappa shape index (κ1) is 12.1. The number of ether oxygens (including phenoxy) is 1. The van der Waals surface area contributed by atoms with E-state index in [2.05, 4.69) is 30.8 Å². The molecule has 0 radical (unpaired) electrons. The van der Waals surface area contributed by atoms with Gasteiger partial charge in [0.25, 0.3) is 0 Å². The topological polar surface area (TPSA) is 29.5 Å². The average molecular weight is 263 g/mol. The minimum Gasteiger partial charge on any atom is -0.379 e. The molecule has 0 aliphatic carbocycles. The Morgan fingerprint density at radius 3 is 2.83 bits per heavy atom. The van der Waals surface area contributed by atoms with Crippen LogP contribution in [0, 0.1) is 0 Å². The lowest BCUT2D eigenvalue weighted by Crippen LogP contribution is -2.47. The van der Waals surface area contributed by atoms with E-state index in [9.17, 15) is 4.79 Å². The van der Waals surface area contributed by atoms with Gasteiger partial charge in [0.2, 0.25) is 5.91 Å². The maximum atomic E-state index is 11.7. The molecule has 1 fully saturated rings. The van der Waals surface area contributed by atoms with Crippen LogP contribution >= 0.6 is 12.6 Å². The average Bonchev–Trinajstić information content (AvgIpc) is 2.59. The number of carbonyl (C=O) groups is 1. The molecule has 0 N–H and O–H groups in total. The third kappa shape index (κ3) is 1.67. The number of rotatable bonds is 3. The van der Waals surface area contributed by atoms with Gasteiger partial charge in [0.15, 0.2) is 0 Å². The predicted molar refractivity (Wildman–Crippen MR) is 74.5 cm³/mol. The summed E-state index contributed by atoms with van der Waals surface area (Å²) in [4.78, 5) is 13.4. The minimum absolute atomic E-state index is 0.126. The van der Waals surface area contributed by atoms with E-state index in [0.717, 1.165) is 36.6 Å². The van der Waals surface area contributed by atoms with Crippen molar-refractivity contribution < 1.29 is 9.53 Å². The number of hydrogen-bond donors (Lipinski definition) is 1. The highest BCUT2D eigenvalue weighted by Crippen LogP contribution is 2.39. The van der Waals surface area contributed by atoms with Gasteiger partial charge >= 0.3 is 0 Å². The van der Waals surface area contributed by atoms with Crippen molar-refractivity contribution in [2.45, 2.75) is 18.3 Å². The van der Waals surface area contributed by atoms with Crippen LogP contribution in [0.15, 0.2) is 18.2 Å². The number of benzene rings is 1. The van der Waals surface area contributed by atoms with Crippen LogP contribution in [0.3, 0.4) is 0 Å². The number of carbonyl (C=O) groups excluding carboxylic acids is 1. The Labute approximate surface area is 113 Å². The van der Waals surface area contributed by atoms with Gasteiger partial charge in [0, 0.05) is 18.2 Å². The van der Waals surface area contributed by atoms with Crippen LogP contribution in [0.25, 0.3) is 0 Å². The lowest BCUT2D eigenvalue weighted by molar-refractivity contribution is -0.117. The van der Waals surface area contributed by atoms with Crippen LogP contribution in [0.2, 0.25) is 0 Å². The highest BCUT2D eigenvalue weighted by atomic mass is 32.1. The Kier molecular flexibility index (Phi) is 2.87. The Morgan fingerprint density at radius 1 is 1.44 bits per heavy atom. The van der Waals surface area contributed by atoms with Gasteiger partial charge in [-0.1, -0.05) is 12.1 Å². The van der Waals surface area contributed by atoms with Crippen molar-refractivity contribution in [2.24, 2.45) is 0 Å². The molecule has 0 aromatic heterocycles. The van der Waals surface area contributed by atoms with Gasteiger partial charge in [-0.2, -0.15) is 12.6 Å². The van der Waals surface area contributed by atoms with Crippen molar-refractivity contribution in [2.75, 3.05) is 30.9 Å². The monoisotopic (exact) mass is 263 g/mol. The molecule has 1 amide bonds. The van der Waals surface area contributed by atoms with Crippen LogP contribution in [-0.2, 0) is 21.4 Å². The number of thiol groups is 1. The summed E-state index contributed by atoms with van der Waals surface area (Å²) in [6.07, 6.45) is 1.55. The van der Waals surface area contributed by atoms with Gasteiger partial charge in [0.05, 0.1) is 19.6 Å². The summed E-state index contributed by atoms with van der Waals surface area (Å²) >= 11 is 4.34. The predicted octanol–water partition coefficient (Wildman–Crippen LogP) is 1.79. The SMILES string of the molecule is CN1C(=O)Cc2cc(C3(CCS)COC3)ccc21. The summed E-state index contributed by atoms with van der Waals surface area (Å²) in [6, 6.07) is 6.39. The third-order valence-electron chi connectivity index (χ3n) is 4.12. The zero-order valence-electron chi connectivity index (χ0n) is 10.5. The number of anilines is 1. The van der Waals surface area contributed by atoms with Crippen LogP contribution in [0.5, 0.6) is 0 Å². The van der Waals surface area contributed by atoms with E-state index >= 15 is 0 Å². The second-order valence-electron chi connectivity index (χ2n) is 5.22. The van der Waals surface area contributed by atoms with Gasteiger partial charge in [-0.3, -0.25) is 4.79 Å². The molecule has 3 rings (SSSR count). The fourth-order valence-electron chi connectivity index (χ4n) is 2.82. The van der Waals surface area contributed by atoms with Gasteiger partial charge in [-0.15, -0.1) is 0 Å². The van der Waals surface area contributed by atoms with Crippen molar-refractivity contribution in [1.82, 2.24) is 0 Å². The van der Waals surface area contributed by atoms with E-state index in [1.165, 1.54) is 5.56 Å². The van der Waals surface area contributed by atoms with Gasteiger partial charge in [0.1, 0.15) is 0 Å². The molecule has 1 aromatic rings. The summed E-state index contributed by atoms with van der Waals surface area (Å²) in [5.41, 5.74) is 3.61. The standard InChI is InChI=1S/C14H17NO2S/c1-15-12-3-2-11(6-10(12)7-13(15)16)14(4-5-18)8-17-9-14/h2-3,6,18H,4-5,7-9H2,1H3. The van der Waals surface area contributed by atoms with E-state index in [4.69, 9.17) is 4.74 Å². The van der Waals surface area contributed by atoms with Crippen molar-refractivity contribution in [3.8, 4) is 0 Å². The molecule has 1 saturated heterocycles. The smallest absolute Gasteiger partial charge is 0.231 e. The van der Waals surface area contributed by atoms with Crippen LogP contribution in [-0.4, -0.2) is 31.9 Å². The Balaban J connectivity index is 1.96. The summed E-state index contributed by atoms with van der Waals surface area (Å²) in [5.74, 6) is 1.04. The molecule has 18 heavy (non-hydrogen) atoms. The molecule has 0 atom stereocenters. The van der Waals surface area contributed by atoms with E-state index in [-0.39, 0.29) is 11.3 Å². The molecule has 2 heterocycles. The minimum atomic E-state index is 0.126. The molecule has 0 spiro atoms. The number of fused-ring (bicyclic) bond motifs is 1. The molecule has 3 nitrogen and oxygen atoms in total. The van der Waals surface area contributed by atoms with Crippen molar-refractivity contribution in [3.05, 3.63) is 29.3 Å². The largest absolute Gasteiger partial charge is 0.379 e. The molecule has 0 bridgehead atoms. The number of hydrogen-bond acceptors (Lipinski definition) is 3. The number of amides is 1. The Hall–Kier alpha value is -1.00. The van der Waals surface area contributed by atoms with Gasteiger partial charge in [-0.25, -0.2) is 0 Å². The van der Waals surface area contributed by atoms with E-state index in [0.29, 0.717) is 6.42 Å². The summed E-state index contributed by atoms with van der Waals surface area (Å²) in [5, 5.41) is 0. The molecular weight excluding hydrogens is 246 g/mol.